The fraction of sp³-hybridized carbons (Fsp3) is 0.884. The largest absolute Gasteiger partial charge is 0.480 e. The lowest BCUT2D eigenvalue weighted by molar-refractivity contribution is -0.161. The Kier molecular flexibility index (Phi) is 37.8. The Hall–Kier alpha value is -1.78. The molecule has 4 N–H and O–H groups in total. The Bertz CT molecular complexity index is 995. The number of hydrogen-bond donors (Lipinski definition) is 3. The fourth-order valence-corrected chi connectivity index (χ4v) is 7.02. The number of carbonyl (C=O) groups excluding carboxylic acids is 2. The molecule has 0 amide bonds. The number of carbonyl (C=O) groups is 3. The Morgan fingerprint density at radius 1 is 0.545 bits per heavy atom. The fourth-order valence-electron chi connectivity index (χ4n) is 6.24. The van der Waals surface area contributed by atoms with E-state index in [1.54, 1.807) is 0 Å². The van der Waals surface area contributed by atoms with Gasteiger partial charge in [-0.2, -0.15) is 0 Å². The van der Waals surface area contributed by atoms with Crippen molar-refractivity contribution in [2.45, 2.75) is 225 Å². The number of unbranched alkanes of at least 4 members (excludes halogenated alkanes) is 26. The van der Waals surface area contributed by atoms with Crippen molar-refractivity contribution in [2.75, 3.05) is 19.8 Å². The van der Waals surface area contributed by atoms with Gasteiger partial charge >= 0.3 is 25.7 Å². The number of allylic oxidation sites excluding steroid dienone is 2. The molecule has 0 aromatic heterocycles. The molecule has 0 aliphatic heterocycles. The standard InChI is InChI=1S/C43H82NO10P/c1-3-5-7-9-11-13-15-17-19-20-21-23-24-26-28-30-32-34-41(45)51-36-39(37-52-55(49,50)53-38-40(44)43(47)48)54-42(46)35-33-31-29-27-25-22-18-16-14-12-10-8-6-4-2/h16,18,39-40H,3-15,17,19-38,44H2,1-2H3,(H,47,48)(H,49,50)/b18-16-. The van der Waals surface area contributed by atoms with Gasteiger partial charge in [0.05, 0.1) is 13.2 Å². The molecule has 3 unspecified atom stereocenters. The molecule has 3 atom stereocenters. The molecule has 12 heteroatoms. The summed E-state index contributed by atoms with van der Waals surface area (Å²) in [6.07, 6.45) is 38.4. The molecule has 0 fully saturated rings. The van der Waals surface area contributed by atoms with Crippen LogP contribution in [0.25, 0.3) is 0 Å². The zero-order valence-corrected chi connectivity index (χ0v) is 35.9. The first kappa shape index (κ1) is 53.2. The van der Waals surface area contributed by atoms with Crippen LogP contribution in [-0.4, -0.2) is 59.9 Å². The van der Waals surface area contributed by atoms with Gasteiger partial charge in [0, 0.05) is 12.8 Å². The first-order valence-corrected chi connectivity index (χ1v) is 23.7. The minimum Gasteiger partial charge on any atom is -0.480 e. The topological polar surface area (TPSA) is 172 Å². The van der Waals surface area contributed by atoms with Crippen molar-refractivity contribution in [1.29, 1.82) is 0 Å². The SMILES string of the molecule is CCCCCCC/C=C\CCCCCCCC(=O)OC(COC(=O)CCCCCCCCCCCCCCCCCCC)COP(=O)(O)OCC(N)C(=O)O. The molecule has 0 aliphatic rings. The molecule has 0 aromatic rings. The predicted octanol–water partition coefficient (Wildman–Crippen LogP) is 11.7. The van der Waals surface area contributed by atoms with Crippen molar-refractivity contribution in [1.82, 2.24) is 0 Å². The van der Waals surface area contributed by atoms with Crippen LogP contribution in [0.15, 0.2) is 12.2 Å². The van der Waals surface area contributed by atoms with E-state index >= 15 is 0 Å². The molecule has 0 heterocycles. The van der Waals surface area contributed by atoms with Crippen molar-refractivity contribution in [3.8, 4) is 0 Å². The van der Waals surface area contributed by atoms with E-state index in [1.165, 1.54) is 116 Å². The van der Waals surface area contributed by atoms with E-state index in [4.69, 9.17) is 24.8 Å². The number of nitrogens with two attached hydrogens (primary N) is 1. The van der Waals surface area contributed by atoms with Crippen molar-refractivity contribution < 1.29 is 47.5 Å². The maximum absolute atomic E-state index is 12.6. The quantitative estimate of drug-likeness (QED) is 0.0232. The maximum Gasteiger partial charge on any atom is 0.472 e. The van der Waals surface area contributed by atoms with Gasteiger partial charge < -0.3 is 25.2 Å². The predicted molar refractivity (Wildman–Crippen MR) is 222 cm³/mol. The summed E-state index contributed by atoms with van der Waals surface area (Å²) in [6.45, 7) is 2.81. The van der Waals surface area contributed by atoms with Crippen molar-refractivity contribution >= 4 is 25.7 Å². The van der Waals surface area contributed by atoms with E-state index < -0.39 is 51.1 Å². The molecule has 0 saturated heterocycles. The number of phosphoric acid groups is 1. The van der Waals surface area contributed by atoms with Gasteiger partial charge in [0.15, 0.2) is 6.10 Å². The normalized spacial score (nSPS) is 13.8. The van der Waals surface area contributed by atoms with Crippen molar-refractivity contribution in [3.05, 3.63) is 12.2 Å². The van der Waals surface area contributed by atoms with Gasteiger partial charge in [-0.3, -0.25) is 23.4 Å². The average Bonchev–Trinajstić information content (AvgIpc) is 3.16. The zero-order valence-electron chi connectivity index (χ0n) is 35.0. The van der Waals surface area contributed by atoms with Crippen LogP contribution in [0.5, 0.6) is 0 Å². The Morgan fingerprint density at radius 2 is 0.909 bits per heavy atom. The number of phosphoric ester groups is 1. The number of carboxylic acid groups (broad SMARTS) is 1. The lowest BCUT2D eigenvalue weighted by Gasteiger charge is -2.20. The number of rotatable bonds is 42. The van der Waals surface area contributed by atoms with E-state index in [1.807, 2.05) is 0 Å². The second-order valence-electron chi connectivity index (χ2n) is 15.2. The van der Waals surface area contributed by atoms with Crippen LogP contribution in [0.1, 0.15) is 213 Å². The molecule has 0 aromatic carbocycles. The van der Waals surface area contributed by atoms with Gasteiger partial charge in [-0.15, -0.1) is 0 Å². The molecular weight excluding hydrogens is 721 g/mol. The highest BCUT2D eigenvalue weighted by atomic mass is 31.2. The molecule has 0 radical (unpaired) electrons. The molecule has 0 spiro atoms. The van der Waals surface area contributed by atoms with Gasteiger partial charge in [0.2, 0.25) is 0 Å². The van der Waals surface area contributed by atoms with Gasteiger partial charge in [-0.25, -0.2) is 4.57 Å². The van der Waals surface area contributed by atoms with E-state index in [9.17, 15) is 23.8 Å². The number of carboxylic acids is 1. The minimum absolute atomic E-state index is 0.155. The van der Waals surface area contributed by atoms with Crippen molar-refractivity contribution in [2.24, 2.45) is 5.73 Å². The van der Waals surface area contributed by atoms with Gasteiger partial charge in [0.1, 0.15) is 12.6 Å². The second-order valence-corrected chi connectivity index (χ2v) is 16.6. The number of esters is 2. The third kappa shape index (κ3) is 38.9. The molecule has 0 bridgehead atoms. The van der Waals surface area contributed by atoms with Gasteiger partial charge in [0.25, 0.3) is 0 Å². The monoisotopic (exact) mass is 804 g/mol. The first-order chi connectivity index (χ1) is 26.6. The number of aliphatic carboxylic acids is 1. The van der Waals surface area contributed by atoms with Crippen LogP contribution < -0.4 is 5.73 Å². The molecule has 0 saturated carbocycles. The molecule has 324 valence electrons. The van der Waals surface area contributed by atoms with Crippen LogP contribution in [0.4, 0.5) is 0 Å². The van der Waals surface area contributed by atoms with Gasteiger partial charge in [-0.05, 0) is 38.5 Å². The molecule has 55 heavy (non-hydrogen) atoms. The molecule has 0 rings (SSSR count). The van der Waals surface area contributed by atoms with E-state index in [0.29, 0.717) is 12.8 Å². The van der Waals surface area contributed by atoms with Crippen LogP contribution in [-0.2, 0) is 37.5 Å². The Labute approximate surface area is 335 Å². The van der Waals surface area contributed by atoms with Crippen LogP contribution >= 0.6 is 7.82 Å². The van der Waals surface area contributed by atoms with E-state index in [-0.39, 0.29) is 19.4 Å². The van der Waals surface area contributed by atoms with Crippen LogP contribution in [0.2, 0.25) is 0 Å². The van der Waals surface area contributed by atoms with Gasteiger partial charge in [-0.1, -0.05) is 174 Å². The summed E-state index contributed by atoms with van der Waals surface area (Å²) in [5, 5.41) is 8.88. The third-order valence-corrected chi connectivity index (χ3v) is 10.7. The highest BCUT2D eigenvalue weighted by molar-refractivity contribution is 7.47. The zero-order chi connectivity index (χ0) is 40.7. The first-order valence-electron chi connectivity index (χ1n) is 22.2. The van der Waals surface area contributed by atoms with E-state index in [2.05, 4.69) is 30.5 Å². The summed E-state index contributed by atoms with van der Waals surface area (Å²) in [6, 6.07) is -1.52. The molecular formula is C43H82NO10P. The number of hydrogen-bond acceptors (Lipinski definition) is 9. The summed E-state index contributed by atoms with van der Waals surface area (Å²) in [4.78, 5) is 45.9. The Morgan fingerprint density at radius 3 is 1.33 bits per heavy atom. The summed E-state index contributed by atoms with van der Waals surface area (Å²) in [7, 11) is -4.71. The second kappa shape index (κ2) is 39.1. The summed E-state index contributed by atoms with van der Waals surface area (Å²) in [5.41, 5.74) is 5.33. The highest BCUT2D eigenvalue weighted by Crippen LogP contribution is 2.43. The summed E-state index contributed by atoms with van der Waals surface area (Å²) in [5.74, 6) is -2.38. The molecule has 0 aliphatic carbocycles. The molecule has 11 nitrogen and oxygen atoms in total. The lowest BCUT2D eigenvalue weighted by atomic mass is 10.0. The number of ether oxygens (including phenoxy) is 2. The van der Waals surface area contributed by atoms with Crippen molar-refractivity contribution in [3.63, 3.8) is 0 Å². The minimum atomic E-state index is -4.71. The maximum atomic E-state index is 12.6. The smallest absolute Gasteiger partial charge is 0.472 e. The van der Waals surface area contributed by atoms with E-state index in [0.717, 1.165) is 57.8 Å². The lowest BCUT2D eigenvalue weighted by Crippen LogP contribution is -2.34. The van der Waals surface area contributed by atoms with Crippen LogP contribution in [0, 0.1) is 0 Å². The van der Waals surface area contributed by atoms with Crippen LogP contribution in [0.3, 0.4) is 0 Å². The Balaban J connectivity index is 4.32. The third-order valence-electron chi connectivity index (χ3n) is 9.76. The summed E-state index contributed by atoms with van der Waals surface area (Å²) < 4.78 is 32.7. The average molecular weight is 804 g/mol. The summed E-state index contributed by atoms with van der Waals surface area (Å²) >= 11 is 0. The highest BCUT2D eigenvalue weighted by Gasteiger charge is 2.28.